The number of para-hydroxylation sites is 1. The molecule has 0 N–H and O–H groups in total. The summed E-state index contributed by atoms with van der Waals surface area (Å²) in [5, 5.41) is 6.08. The number of nitrogens with zero attached hydrogens (tertiary/aromatic N) is 4. The zero-order valence-corrected chi connectivity index (χ0v) is 14.1. The molecule has 4 heteroatoms. The second-order valence-electron chi connectivity index (χ2n) is 6.54. The maximum atomic E-state index is 4.91. The predicted molar refractivity (Wildman–Crippen MR) is 99.3 cm³/mol. The van der Waals surface area contributed by atoms with Crippen molar-refractivity contribution in [3.05, 3.63) is 66.1 Å². The summed E-state index contributed by atoms with van der Waals surface area (Å²) in [6, 6.07) is 16.5. The van der Waals surface area contributed by atoms with Crippen molar-refractivity contribution in [2.24, 2.45) is 0 Å². The lowest BCUT2D eigenvalue weighted by atomic mass is 9.96. The van der Waals surface area contributed by atoms with E-state index in [9.17, 15) is 0 Å². The lowest BCUT2D eigenvalue weighted by Gasteiger charge is -2.10. The number of fused-ring (bicyclic) bond motifs is 2. The van der Waals surface area contributed by atoms with E-state index in [0.29, 0.717) is 0 Å². The summed E-state index contributed by atoms with van der Waals surface area (Å²) in [7, 11) is 0. The van der Waals surface area contributed by atoms with Gasteiger partial charge in [-0.25, -0.2) is 0 Å². The van der Waals surface area contributed by atoms with Crippen LogP contribution < -0.4 is 0 Å². The molecule has 0 aliphatic carbocycles. The summed E-state index contributed by atoms with van der Waals surface area (Å²) in [6.45, 7) is 3.04. The molecule has 5 rings (SSSR count). The van der Waals surface area contributed by atoms with Crippen molar-refractivity contribution >= 4 is 10.9 Å². The van der Waals surface area contributed by atoms with Crippen LogP contribution in [0.15, 0.2) is 54.7 Å². The van der Waals surface area contributed by atoms with Crippen molar-refractivity contribution in [2.45, 2.75) is 26.3 Å². The maximum absolute atomic E-state index is 4.91. The number of aromatic nitrogens is 4. The minimum atomic E-state index is 0.929. The van der Waals surface area contributed by atoms with Gasteiger partial charge in [0.15, 0.2) is 0 Å². The fourth-order valence-electron chi connectivity index (χ4n) is 3.81. The molecule has 0 fully saturated rings. The smallest absolute Gasteiger partial charge is 0.119 e. The van der Waals surface area contributed by atoms with Gasteiger partial charge in [-0.1, -0.05) is 24.3 Å². The zero-order valence-electron chi connectivity index (χ0n) is 14.1. The fraction of sp³-hybridized carbons (Fsp3) is 0.190. The van der Waals surface area contributed by atoms with Crippen LogP contribution >= 0.6 is 0 Å². The average Bonchev–Trinajstić information content (AvgIpc) is 3.22. The number of hydrogen-bond acceptors (Lipinski definition) is 3. The molecule has 3 aromatic heterocycles. The SMILES string of the molecule is Cc1cc(-c2c(-c3ccccn3)nn3c2CCC3)c2ccccc2n1. The number of benzene rings is 1. The molecule has 4 nitrogen and oxygen atoms in total. The van der Waals surface area contributed by atoms with Gasteiger partial charge in [-0.05, 0) is 49.6 Å². The number of pyridine rings is 2. The van der Waals surface area contributed by atoms with Crippen LogP contribution in [0, 0.1) is 6.92 Å². The van der Waals surface area contributed by atoms with Gasteiger partial charge in [0, 0.05) is 35.1 Å². The van der Waals surface area contributed by atoms with Gasteiger partial charge in [-0.3, -0.25) is 14.6 Å². The Labute approximate surface area is 146 Å². The van der Waals surface area contributed by atoms with Gasteiger partial charge in [0.1, 0.15) is 5.69 Å². The highest BCUT2D eigenvalue weighted by molar-refractivity contribution is 5.99. The van der Waals surface area contributed by atoms with Crippen LogP contribution in [0.1, 0.15) is 17.8 Å². The maximum Gasteiger partial charge on any atom is 0.119 e. The van der Waals surface area contributed by atoms with Gasteiger partial charge in [-0.2, -0.15) is 5.10 Å². The highest BCUT2D eigenvalue weighted by atomic mass is 15.3. The van der Waals surface area contributed by atoms with Crippen molar-refractivity contribution < 1.29 is 0 Å². The zero-order chi connectivity index (χ0) is 16.8. The summed E-state index contributed by atoms with van der Waals surface area (Å²) >= 11 is 0. The minimum absolute atomic E-state index is 0.929. The third-order valence-corrected chi connectivity index (χ3v) is 4.86. The first-order valence-electron chi connectivity index (χ1n) is 8.69. The van der Waals surface area contributed by atoms with E-state index in [1.807, 2.05) is 30.5 Å². The van der Waals surface area contributed by atoms with E-state index < -0.39 is 0 Å². The van der Waals surface area contributed by atoms with Crippen molar-refractivity contribution in [1.82, 2.24) is 19.7 Å². The molecule has 1 aromatic carbocycles. The standard InChI is InChI=1S/C21H18N4/c1-14-13-16(15-7-2-3-8-17(15)23-14)20-19-10-6-12-25(19)24-21(20)18-9-4-5-11-22-18/h2-5,7-9,11,13H,6,10,12H2,1H3. The topological polar surface area (TPSA) is 43.6 Å². The molecule has 4 heterocycles. The van der Waals surface area contributed by atoms with Crippen LogP contribution in [0.3, 0.4) is 0 Å². The Morgan fingerprint density at radius 2 is 1.92 bits per heavy atom. The quantitative estimate of drug-likeness (QED) is 0.548. The fourth-order valence-corrected chi connectivity index (χ4v) is 3.81. The summed E-state index contributed by atoms with van der Waals surface area (Å²) in [5.74, 6) is 0. The van der Waals surface area contributed by atoms with Crippen molar-refractivity contribution in [1.29, 1.82) is 0 Å². The first kappa shape index (κ1) is 14.3. The molecule has 0 radical (unpaired) electrons. The number of hydrogen-bond donors (Lipinski definition) is 0. The Bertz CT molecular complexity index is 1080. The lowest BCUT2D eigenvalue weighted by Crippen LogP contribution is -1.94. The summed E-state index contributed by atoms with van der Waals surface area (Å²) < 4.78 is 2.16. The summed E-state index contributed by atoms with van der Waals surface area (Å²) in [4.78, 5) is 9.26. The first-order chi connectivity index (χ1) is 12.3. The van der Waals surface area contributed by atoms with E-state index in [1.165, 1.54) is 22.2 Å². The monoisotopic (exact) mass is 326 g/mol. The molecule has 0 saturated heterocycles. The van der Waals surface area contributed by atoms with Gasteiger partial charge in [0.2, 0.25) is 0 Å². The van der Waals surface area contributed by atoms with Crippen molar-refractivity contribution in [3.63, 3.8) is 0 Å². The minimum Gasteiger partial charge on any atom is -0.268 e. The van der Waals surface area contributed by atoms with Crippen molar-refractivity contribution in [3.8, 4) is 22.5 Å². The third kappa shape index (κ3) is 2.25. The Balaban J connectivity index is 1.86. The molecule has 4 aromatic rings. The lowest BCUT2D eigenvalue weighted by molar-refractivity contribution is 0.658. The second kappa shape index (κ2) is 5.52. The van der Waals surface area contributed by atoms with E-state index in [-0.39, 0.29) is 0 Å². The van der Waals surface area contributed by atoms with Gasteiger partial charge >= 0.3 is 0 Å². The molecule has 1 aliphatic rings. The van der Waals surface area contributed by atoms with Crippen LogP contribution in [0.5, 0.6) is 0 Å². The molecule has 25 heavy (non-hydrogen) atoms. The first-order valence-corrected chi connectivity index (χ1v) is 8.69. The van der Waals surface area contributed by atoms with E-state index in [4.69, 9.17) is 10.1 Å². The molecule has 0 spiro atoms. The Hall–Kier alpha value is -3.01. The molecule has 0 amide bonds. The van der Waals surface area contributed by atoms with Gasteiger partial charge in [0.25, 0.3) is 0 Å². The molecule has 122 valence electrons. The number of rotatable bonds is 2. The van der Waals surface area contributed by atoms with Gasteiger partial charge < -0.3 is 0 Å². The van der Waals surface area contributed by atoms with E-state index in [0.717, 1.165) is 42.0 Å². The molecule has 0 unspecified atom stereocenters. The summed E-state index contributed by atoms with van der Waals surface area (Å²) in [6.07, 6.45) is 4.05. The summed E-state index contributed by atoms with van der Waals surface area (Å²) in [5.41, 5.74) is 7.71. The Morgan fingerprint density at radius 1 is 1.04 bits per heavy atom. The van der Waals surface area contributed by atoms with Gasteiger partial charge in [-0.15, -0.1) is 0 Å². The molecule has 1 aliphatic heterocycles. The third-order valence-electron chi connectivity index (χ3n) is 4.86. The van der Waals surface area contributed by atoms with Crippen LogP contribution in [0.2, 0.25) is 0 Å². The molecule has 0 bridgehead atoms. The van der Waals surface area contributed by atoms with Gasteiger partial charge in [0.05, 0.1) is 11.2 Å². The molecule has 0 saturated carbocycles. The second-order valence-corrected chi connectivity index (χ2v) is 6.54. The average molecular weight is 326 g/mol. The van der Waals surface area contributed by atoms with Crippen LogP contribution in [0.25, 0.3) is 33.4 Å². The van der Waals surface area contributed by atoms with E-state index >= 15 is 0 Å². The van der Waals surface area contributed by atoms with E-state index in [1.54, 1.807) is 0 Å². The molecular formula is C21H18N4. The molecular weight excluding hydrogens is 308 g/mol. The Kier molecular flexibility index (Phi) is 3.17. The van der Waals surface area contributed by atoms with Crippen LogP contribution in [0.4, 0.5) is 0 Å². The molecule has 0 atom stereocenters. The Morgan fingerprint density at radius 3 is 2.80 bits per heavy atom. The number of aryl methyl sites for hydroxylation is 2. The van der Waals surface area contributed by atoms with Crippen LogP contribution in [-0.4, -0.2) is 19.7 Å². The van der Waals surface area contributed by atoms with Crippen LogP contribution in [-0.2, 0) is 13.0 Å². The highest BCUT2D eigenvalue weighted by Crippen LogP contribution is 2.39. The normalized spacial score (nSPS) is 13.3. The predicted octanol–water partition coefficient (Wildman–Crippen LogP) is 4.41. The largest absolute Gasteiger partial charge is 0.268 e. The highest BCUT2D eigenvalue weighted by Gasteiger charge is 2.25. The van der Waals surface area contributed by atoms with Crippen molar-refractivity contribution in [2.75, 3.05) is 0 Å². The van der Waals surface area contributed by atoms with E-state index in [2.05, 4.69) is 40.9 Å².